The molecule has 1 unspecified atom stereocenters. The van der Waals surface area contributed by atoms with Crippen LogP contribution in [0.25, 0.3) is 0 Å². The first-order valence-corrected chi connectivity index (χ1v) is 5.40. The van der Waals surface area contributed by atoms with E-state index in [1.807, 2.05) is 6.92 Å². The Morgan fingerprint density at radius 1 is 1.50 bits per heavy atom. The van der Waals surface area contributed by atoms with Crippen LogP contribution in [-0.4, -0.2) is 43.3 Å². The fraction of sp³-hybridized carbons (Fsp3) is 0.900. The Balaban J connectivity index is 2.55. The molecular formula is C10H16F3N3. The van der Waals surface area contributed by atoms with Crippen LogP contribution in [0, 0.1) is 17.2 Å². The molecule has 1 saturated heterocycles. The van der Waals surface area contributed by atoms with E-state index in [9.17, 15) is 13.2 Å². The highest BCUT2D eigenvalue weighted by Crippen LogP contribution is 2.27. The maximum Gasteiger partial charge on any atom is 0.405 e. The lowest BCUT2D eigenvalue weighted by Crippen LogP contribution is -2.58. The summed E-state index contributed by atoms with van der Waals surface area (Å²) in [5.41, 5.74) is 0. The van der Waals surface area contributed by atoms with Crippen molar-refractivity contribution >= 4 is 0 Å². The van der Waals surface area contributed by atoms with Gasteiger partial charge in [0.15, 0.2) is 5.92 Å². The van der Waals surface area contributed by atoms with Gasteiger partial charge in [-0.05, 0) is 13.0 Å². The Hall–Kier alpha value is -0.800. The lowest BCUT2D eigenvalue weighted by atomic mass is 10.1. The molecule has 0 spiro atoms. The van der Waals surface area contributed by atoms with Gasteiger partial charge in [-0.25, -0.2) is 0 Å². The molecule has 1 heterocycles. The summed E-state index contributed by atoms with van der Waals surface area (Å²) in [4.78, 5) is 1.76. The summed E-state index contributed by atoms with van der Waals surface area (Å²) in [6, 6.07) is 1.50. The van der Waals surface area contributed by atoms with Gasteiger partial charge in [0.2, 0.25) is 0 Å². The molecule has 6 heteroatoms. The van der Waals surface area contributed by atoms with Crippen LogP contribution in [0.3, 0.4) is 0 Å². The minimum Gasteiger partial charge on any atom is -0.314 e. The molecule has 1 aliphatic heterocycles. The van der Waals surface area contributed by atoms with Crippen LogP contribution in [0.1, 0.15) is 13.3 Å². The molecule has 0 aromatic heterocycles. The fourth-order valence-corrected chi connectivity index (χ4v) is 1.69. The van der Waals surface area contributed by atoms with E-state index in [1.165, 1.54) is 6.07 Å². The largest absolute Gasteiger partial charge is 0.405 e. The lowest BCUT2D eigenvalue weighted by molar-refractivity contribution is -0.165. The molecule has 0 bridgehead atoms. The summed E-state index contributed by atoms with van der Waals surface area (Å²) in [5, 5.41) is 11.6. The fourth-order valence-electron chi connectivity index (χ4n) is 1.69. The topological polar surface area (TPSA) is 39.1 Å². The third-order valence-electron chi connectivity index (χ3n) is 2.76. The molecule has 1 N–H and O–H groups in total. The number of nitrogens with zero attached hydrogens (tertiary/aromatic N) is 2. The average molecular weight is 235 g/mol. The molecule has 0 aliphatic carbocycles. The van der Waals surface area contributed by atoms with Crippen molar-refractivity contribution in [3.8, 4) is 6.07 Å². The minimum atomic E-state index is -4.42. The van der Waals surface area contributed by atoms with E-state index in [1.54, 1.807) is 4.90 Å². The second-order valence-electron chi connectivity index (χ2n) is 4.03. The van der Waals surface area contributed by atoms with Crippen molar-refractivity contribution in [3.63, 3.8) is 0 Å². The van der Waals surface area contributed by atoms with E-state index in [2.05, 4.69) is 5.32 Å². The van der Waals surface area contributed by atoms with Gasteiger partial charge in [-0.1, -0.05) is 6.92 Å². The van der Waals surface area contributed by atoms with Crippen LogP contribution in [0.5, 0.6) is 0 Å². The Morgan fingerprint density at radius 3 is 2.44 bits per heavy atom. The second kappa shape index (κ2) is 5.51. The molecule has 92 valence electrons. The summed E-state index contributed by atoms with van der Waals surface area (Å²) in [6.45, 7) is 3.76. The van der Waals surface area contributed by atoms with Crippen LogP contribution in [-0.2, 0) is 0 Å². The predicted molar refractivity (Wildman–Crippen MR) is 53.7 cm³/mol. The monoisotopic (exact) mass is 235 g/mol. The first kappa shape index (κ1) is 13.3. The van der Waals surface area contributed by atoms with Crippen molar-refractivity contribution in [2.24, 2.45) is 5.92 Å². The van der Waals surface area contributed by atoms with Crippen LogP contribution < -0.4 is 5.32 Å². The molecule has 0 radical (unpaired) electrons. The highest BCUT2D eigenvalue weighted by Gasteiger charge is 2.42. The molecule has 3 nitrogen and oxygen atoms in total. The number of rotatable bonds is 5. The van der Waals surface area contributed by atoms with E-state index in [0.717, 1.165) is 19.5 Å². The predicted octanol–water partition coefficient (Wildman–Crippen LogP) is 1.37. The number of alkyl halides is 3. The third-order valence-corrected chi connectivity index (χ3v) is 2.76. The molecule has 0 aromatic carbocycles. The zero-order valence-electron chi connectivity index (χ0n) is 9.22. The van der Waals surface area contributed by atoms with Crippen molar-refractivity contribution in [2.75, 3.05) is 26.2 Å². The average Bonchev–Trinajstić information content (AvgIpc) is 2.09. The van der Waals surface area contributed by atoms with Crippen LogP contribution in [0.4, 0.5) is 13.2 Å². The van der Waals surface area contributed by atoms with Crippen LogP contribution >= 0.6 is 0 Å². The highest BCUT2D eigenvalue weighted by atomic mass is 19.4. The normalized spacial score (nSPS) is 19.2. The van der Waals surface area contributed by atoms with Gasteiger partial charge >= 0.3 is 6.18 Å². The summed E-state index contributed by atoms with van der Waals surface area (Å²) in [7, 11) is 0. The lowest BCUT2D eigenvalue weighted by Gasteiger charge is -2.39. The van der Waals surface area contributed by atoms with Gasteiger partial charge in [0.05, 0.1) is 6.07 Å². The number of nitriles is 1. The first-order valence-electron chi connectivity index (χ1n) is 5.40. The molecule has 1 fully saturated rings. The molecule has 0 amide bonds. The highest BCUT2D eigenvalue weighted by molar-refractivity contribution is 4.94. The van der Waals surface area contributed by atoms with E-state index >= 15 is 0 Å². The first-order chi connectivity index (χ1) is 7.49. The second-order valence-corrected chi connectivity index (χ2v) is 4.03. The molecule has 0 saturated carbocycles. The van der Waals surface area contributed by atoms with E-state index in [-0.39, 0.29) is 12.6 Å². The maximum atomic E-state index is 12.4. The van der Waals surface area contributed by atoms with Gasteiger partial charge in [0.25, 0.3) is 0 Å². The summed E-state index contributed by atoms with van der Waals surface area (Å²) in [5.74, 6) is -1.88. The summed E-state index contributed by atoms with van der Waals surface area (Å²) in [6.07, 6.45) is -3.62. The Kier molecular flexibility index (Phi) is 4.56. The number of halogens is 3. The van der Waals surface area contributed by atoms with Gasteiger partial charge in [-0.15, -0.1) is 0 Å². The molecular weight excluding hydrogens is 219 g/mol. The molecule has 0 aromatic rings. The molecule has 16 heavy (non-hydrogen) atoms. The standard InChI is InChI=1S/C10H16F3N3/c1-2-3-16(9-5-15-6-9)7-8(4-14)10(11,12)13/h8-9,15H,2-3,5-7H2,1H3. The third kappa shape index (κ3) is 3.35. The quantitative estimate of drug-likeness (QED) is 0.782. The van der Waals surface area contributed by atoms with Gasteiger partial charge in [-0.2, -0.15) is 18.4 Å². The SMILES string of the molecule is CCCN(CC(C#N)C(F)(F)F)C1CNC1. The number of hydrogen-bond acceptors (Lipinski definition) is 3. The van der Waals surface area contributed by atoms with Gasteiger partial charge in [0.1, 0.15) is 0 Å². The van der Waals surface area contributed by atoms with Crippen molar-refractivity contribution in [3.05, 3.63) is 0 Å². The van der Waals surface area contributed by atoms with E-state index in [0.29, 0.717) is 6.54 Å². The zero-order chi connectivity index (χ0) is 12.2. The minimum absolute atomic E-state index is 0.151. The smallest absolute Gasteiger partial charge is 0.314 e. The molecule has 1 atom stereocenters. The Morgan fingerprint density at radius 2 is 2.12 bits per heavy atom. The van der Waals surface area contributed by atoms with Gasteiger partial charge in [0, 0.05) is 25.7 Å². The van der Waals surface area contributed by atoms with E-state index in [4.69, 9.17) is 5.26 Å². The number of hydrogen-bond donors (Lipinski definition) is 1. The van der Waals surface area contributed by atoms with Crippen molar-refractivity contribution in [1.82, 2.24) is 10.2 Å². The van der Waals surface area contributed by atoms with Crippen molar-refractivity contribution in [2.45, 2.75) is 25.6 Å². The Bertz CT molecular complexity index is 255. The van der Waals surface area contributed by atoms with Crippen LogP contribution in [0.2, 0.25) is 0 Å². The van der Waals surface area contributed by atoms with Crippen LogP contribution in [0.15, 0.2) is 0 Å². The summed E-state index contributed by atoms with van der Waals surface area (Å²) < 4.78 is 37.3. The van der Waals surface area contributed by atoms with Crippen molar-refractivity contribution in [1.29, 1.82) is 5.26 Å². The van der Waals surface area contributed by atoms with Crippen molar-refractivity contribution < 1.29 is 13.2 Å². The van der Waals surface area contributed by atoms with Gasteiger partial charge < -0.3 is 5.32 Å². The maximum absolute atomic E-state index is 12.4. The van der Waals surface area contributed by atoms with Gasteiger partial charge in [-0.3, -0.25) is 4.90 Å². The molecule has 1 rings (SSSR count). The summed E-state index contributed by atoms with van der Waals surface area (Å²) >= 11 is 0. The number of nitrogens with one attached hydrogen (secondary N) is 1. The van der Waals surface area contributed by atoms with E-state index < -0.39 is 12.1 Å². The zero-order valence-corrected chi connectivity index (χ0v) is 9.22. The Labute approximate surface area is 93.2 Å². The molecule has 1 aliphatic rings.